The first kappa shape index (κ1) is 17.8. The summed E-state index contributed by atoms with van der Waals surface area (Å²) in [7, 11) is 1.69. The van der Waals surface area contributed by atoms with Gasteiger partial charge in [-0.25, -0.2) is 0 Å². The highest BCUT2D eigenvalue weighted by Crippen LogP contribution is 2.30. The van der Waals surface area contributed by atoms with Crippen LogP contribution in [-0.2, 0) is 4.79 Å². The first-order valence-electron chi connectivity index (χ1n) is 7.27. The third kappa shape index (κ3) is 4.90. The van der Waals surface area contributed by atoms with Crippen LogP contribution in [0, 0.1) is 0 Å². The number of carbonyl (C=O) groups is 1. The molecule has 1 amide bonds. The van der Waals surface area contributed by atoms with Crippen LogP contribution in [0.4, 0.5) is 0 Å². The van der Waals surface area contributed by atoms with Gasteiger partial charge in [-0.15, -0.1) is 12.4 Å². The third-order valence-corrected chi connectivity index (χ3v) is 3.91. The highest BCUT2D eigenvalue weighted by molar-refractivity contribution is 5.85. The predicted octanol–water partition coefficient (Wildman–Crippen LogP) is 2.56. The molecule has 4 nitrogen and oxygen atoms in total. The van der Waals surface area contributed by atoms with Crippen LogP contribution in [0.3, 0.4) is 0 Å². The molecule has 1 saturated heterocycles. The molecule has 0 radical (unpaired) electrons. The summed E-state index contributed by atoms with van der Waals surface area (Å²) in [5, 5.41) is 0. The minimum Gasteiger partial charge on any atom is -0.497 e. The maximum atomic E-state index is 12.0. The van der Waals surface area contributed by atoms with Crippen molar-refractivity contribution in [2.75, 3.05) is 20.2 Å². The van der Waals surface area contributed by atoms with Gasteiger partial charge in [0.1, 0.15) is 5.75 Å². The lowest BCUT2D eigenvalue weighted by Crippen LogP contribution is -2.40. The van der Waals surface area contributed by atoms with Crippen molar-refractivity contribution in [3.05, 3.63) is 29.8 Å². The van der Waals surface area contributed by atoms with Crippen LogP contribution in [0.25, 0.3) is 0 Å². The number of methoxy groups -OCH3 is 1. The molecule has 5 heteroatoms. The van der Waals surface area contributed by atoms with E-state index in [0.29, 0.717) is 12.3 Å². The fourth-order valence-electron chi connectivity index (χ4n) is 2.76. The van der Waals surface area contributed by atoms with E-state index >= 15 is 0 Å². The number of benzene rings is 1. The maximum Gasteiger partial charge on any atom is 0.224 e. The maximum absolute atomic E-state index is 12.0. The third-order valence-electron chi connectivity index (χ3n) is 3.91. The average molecular weight is 313 g/mol. The lowest BCUT2D eigenvalue weighted by atomic mass is 9.89. The number of halogens is 1. The topological polar surface area (TPSA) is 55.6 Å². The molecule has 1 heterocycles. The number of rotatable bonds is 4. The van der Waals surface area contributed by atoms with Crippen molar-refractivity contribution < 1.29 is 9.53 Å². The molecule has 2 N–H and O–H groups in total. The van der Waals surface area contributed by atoms with E-state index in [4.69, 9.17) is 10.5 Å². The van der Waals surface area contributed by atoms with E-state index in [2.05, 4.69) is 12.1 Å². The van der Waals surface area contributed by atoms with Crippen LogP contribution in [0.1, 0.15) is 37.7 Å². The minimum absolute atomic E-state index is 0. The standard InChI is InChI=1S/C16H24N2O2.ClH/c1-12(17)10-16(19)18-8-6-13(7-9-18)14-4-3-5-15(11-14)20-2;/h3-5,11-13H,6-10,17H2,1-2H3;1H. The van der Waals surface area contributed by atoms with Crippen LogP contribution in [0.5, 0.6) is 5.75 Å². The Morgan fingerprint density at radius 2 is 2.10 bits per heavy atom. The molecule has 1 aliphatic rings. The highest BCUT2D eigenvalue weighted by atomic mass is 35.5. The largest absolute Gasteiger partial charge is 0.497 e. The molecular weight excluding hydrogens is 288 g/mol. The van der Waals surface area contributed by atoms with Gasteiger partial charge in [0, 0.05) is 25.6 Å². The van der Waals surface area contributed by atoms with Gasteiger partial charge in [0.05, 0.1) is 7.11 Å². The van der Waals surface area contributed by atoms with Crippen LogP contribution in [0.15, 0.2) is 24.3 Å². The van der Waals surface area contributed by atoms with Crippen molar-refractivity contribution in [3.63, 3.8) is 0 Å². The van der Waals surface area contributed by atoms with Crippen LogP contribution >= 0.6 is 12.4 Å². The molecule has 1 aromatic carbocycles. The summed E-state index contributed by atoms with van der Waals surface area (Å²) in [5.41, 5.74) is 7.00. The van der Waals surface area contributed by atoms with Crippen molar-refractivity contribution in [1.29, 1.82) is 0 Å². The molecule has 1 unspecified atom stereocenters. The first-order valence-corrected chi connectivity index (χ1v) is 7.27. The number of nitrogens with two attached hydrogens (primary N) is 1. The zero-order valence-electron chi connectivity index (χ0n) is 12.7. The minimum atomic E-state index is -0.0568. The van der Waals surface area contributed by atoms with Crippen molar-refractivity contribution in [2.24, 2.45) is 5.73 Å². The van der Waals surface area contributed by atoms with Crippen molar-refractivity contribution in [1.82, 2.24) is 4.90 Å². The molecule has 0 bridgehead atoms. The van der Waals surface area contributed by atoms with Gasteiger partial charge in [0.15, 0.2) is 0 Å². The van der Waals surface area contributed by atoms with E-state index in [1.165, 1.54) is 5.56 Å². The van der Waals surface area contributed by atoms with E-state index in [1.54, 1.807) is 7.11 Å². The number of piperidine rings is 1. The SMILES string of the molecule is COc1cccc(C2CCN(C(=O)CC(C)N)CC2)c1.Cl. The predicted molar refractivity (Wildman–Crippen MR) is 87.1 cm³/mol. The van der Waals surface area contributed by atoms with E-state index in [0.717, 1.165) is 31.7 Å². The van der Waals surface area contributed by atoms with E-state index in [9.17, 15) is 4.79 Å². The number of carbonyl (C=O) groups excluding carboxylic acids is 1. The fourth-order valence-corrected chi connectivity index (χ4v) is 2.76. The zero-order valence-corrected chi connectivity index (χ0v) is 13.6. The molecule has 21 heavy (non-hydrogen) atoms. The number of likely N-dealkylation sites (tertiary alicyclic amines) is 1. The van der Waals surface area contributed by atoms with Gasteiger partial charge in [0.2, 0.25) is 5.91 Å². The Morgan fingerprint density at radius 1 is 1.43 bits per heavy atom. The van der Waals surface area contributed by atoms with E-state index < -0.39 is 0 Å². The van der Waals surface area contributed by atoms with Gasteiger partial charge in [-0.05, 0) is 43.4 Å². The van der Waals surface area contributed by atoms with E-state index in [1.807, 2.05) is 24.0 Å². The Hall–Kier alpha value is -1.26. The molecule has 0 spiro atoms. The molecular formula is C16H25ClN2O2. The summed E-state index contributed by atoms with van der Waals surface area (Å²) >= 11 is 0. The lowest BCUT2D eigenvalue weighted by molar-refractivity contribution is -0.132. The van der Waals surface area contributed by atoms with Crippen LogP contribution in [0.2, 0.25) is 0 Å². The second kappa shape index (κ2) is 8.25. The summed E-state index contributed by atoms with van der Waals surface area (Å²) in [6, 6.07) is 8.18. The Balaban J connectivity index is 0.00000220. The lowest BCUT2D eigenvalue weighted by Gasteiger charge is -2.32. The van der Waals surface area contributed by atoms with Gasteiger partial charge in [-0.3, -0.25) is 4.79 Å². The highest BCUT2D eigenvalue weighted by Gasteiger charge is 2.24. The number of hydrogen-bond donors (Lipinski definition) is 1. The van der Waals surface area contributed by atoms with Crippen LogP contribution in [-0.4, -0.2) is 37.0 Å². The molecule has 0 aromatic heterocycles. The van der Waals surface area contributed by atoms with E-state index in [-0.39, 0.29) is 24.4 Å². The summed E-state index contributed by atoms with van der Waals surface area (Å²) in [6.07, 6.45) is 2.47. The second-order valence-corrected chi connectivity index (χ2v) is 5.61. The fraction of sp³-hybridized carbons (Fsp3) is 0.562. The van der Waals surface area contributed by atoms with Crippen molar-refractivity contribution >= 4 is 18.3 Å². The molecule has 1 aliphatic heterocycles. The molecule has 2 rings (SSSR count). The van der Waals surface area contributed by atoms with Crippen molar-refractivity contribution in [2.45, 2.75) is 38.1 Å². The quantitative estimate of drug-likeness (QED) is 0.929. The summed E-state index contributed by atoms with van der Waals surface area (Å²) in [4.78, 5) is 13.9. The van der Waals surface area contributed by atoms with Gasteiger partial charge in [-0.2, -0.15) is 0 Å². The Morgan fingerprint density at radius 3 is 2.67 bits per heavy atom. The monoisotopic (exact) mass is 312 g/mol. The molecule has 1 atom stereocenters. The molecule has 1 aromatic rings. The number of amides is 1. The summed E-state index contributed by atoms with van der Waals surface area (Å²) in [5.74, 6) is 1.60. The Bertz CT molecular complexity index is 457. The molecule has 1 fully saturated rings. The average Bonchev–Trinajstić information content (AvgIpc) is 2.47. The number of hydrogen-bond acceptors (Lipinski definition) is 3. The Labute approximate surface area is 133 Å². The van der Waals surface area contributed by atoms with Gasteiger partial charge >= 0.3 is 0 Å². The zero-order chi connectivity index (χ0) is 14.5. The summed E-state index contributed by atoms with van der Waals surface area (Å²) < 4.78 is 5.27. The first-order chi connectivity index (χ1) is 9.60. The smallest absolute Gasteiger partial charge is 0.224 e. The van der Waals surface area contributed by atoms with Gasteiger partial charge in [0.25, 0.3) is 0 Å². The van der Waals surface area contributed by atoms with Crippen LogP contribution < -0.4 is 10.5 Å². The van der Waals surface area contributed by atoms with Crippen molar-refractivity contribution in [3.8, 4) is 5.75 Å². The number of nitrogens with zero attached hydrogens (tertiary/aromatic N) is 1. The normalized spacial score (nSPS) is 17.0. The second-order valence-electron chi connectivity index (χ2n) is 5.61. The molecule has 0 aliphatic carbocycles. The van der Waals surface area contributed by atoms with Gasteiger partial charge < -0.3 is 15.4 Å². The Kier molecular flexibility index (Phi) is 6.99. The van der Waals surface area contributed by atoms with Gasteiger partial charge in [-0.1, -0.05) is 12.1 Å². The number of ether oxygens (including phenoxy) is 1. The molecule has 0 saturated carbocycles. The summed E-state index contributed by atoms with van der Waals surface area (Å²) in [6.45, 7) is 3.53. The molecule has 118 valence electrons.